The summed E-state index contributed by atoms with van der Waals surface area (Å²) in [6.45, 7) is 2.36. The number of benzene rings is 1. The number of carbonyl (C=O) groups is 2. The van der Waals surface area contributed by atoms with E-state index in [4.69, 9.17) is 10.1 Å². The van der Waals surface area contributed by atoms with Crippen LogP contribution in [0, 0.1) is 6.92 Å². The summed E-state index contributed by atoms with van der Waals surface area (Å²) in [7, 11) is 1.85. The Labute approximate surface area is 162 Å². The standard InChI is InChI=1S/C21H22N4O3/c1-12-18-16(11-17(14-7-8-14)23-19(18)25(2)24-12)20(26)22-10-9-13-3-5-15(6-4-13)21(27)28/h3-6,11,14H,7-10H2,1-2H3,(H,22,26)(H,27,28). The van der Waals surface area contributed by atoms with Crippen molar-refractivity contribution in [3.63, 3.8) is 0 Å². The molecule has 0 aliphatic heterocycles. The average molecular weight is 378 g/mol. The maximum atomic E-state index is 12.9. The monoisotopic (exact) mass is 378 g/mol. The van der Waals surface area contributed by atoms with Crippen LogP contribution in [-0.4, -0.2) is 38.3 Å². The highest BCUT2D eigenvalue weighted by Crippen LogP contribution is 2.40. The number of nitrogens with one attached hydrogen (secondary N) is 1. The number of hydrogen-bond acceptors (Lipinski definition) is 4. The number of aromatic carboxylic acids is 1. The van der Waals surface area contributed by atoms with Crippen molar-refractivity contribution in [1.29, 1.82) is 0 Å². The highest BCUT2D eigenvalue weighted by Gasteiger charge is 2.28. The molecule has 7 nitrogen and oxygen atoms in total. The summed E-state index contributed by atoms with van der Waals surface area (Å²) >= 11 is 0. The Bertz CT molecular complexity index is 1070. The van der Waals surface area contributed by atoms with Crippen molar-refractivity contribution in [2.75, 3.05) is 6.54 Å². The van der Waals surface area contributed by atoms with Gasteiger partial charge in [0.1, 0.15) is 0 Å². The molecule has 3 aromatic rings. The van der Waals surface area contributed by atoms with Crippen LogP contribution < -0.4 is 5.32 Å². The molecule has 0 spiro atoms. The Morgan fingerprint density at radius 3 is 2.61 bits per heavy atom. The van der Waals surface area contributed by atoms with Crippen molar-refractivity contribution in [3.05, 3.63) is 58.4 Å². The minimum absolute atomic E-state index is 0.132. The number of nitrogens with zero attached hydrogens (tertiary/aromatic N) is 3. The van der Waals surface area contributed by atoms with E-state index in [1.807, 2.05) is 20.0 Å². The average Bonchev–Trinajstić information content (AvgIpc) is 3.48. The molecule has 144 valence electrons. The van der Waals surface area contributed by atoms with E-state index < -0.39 is 5.97 Å². The number of aryl methyl sites for hydroxylation is 2. The number of aromatic nitrogens is 3. The number of pyridine rings is 1. The van der Waals surface area contributed by atoms with Gasteiger partial charge in [0.05, 0.1) is 22.2 Å². The van der Waals surface area contributed by atoms with Gasteiger partial charge in [0.2, 0.25) is 0 Å². The van der Waals surface area contributed by atoms with E-state index in [1.54, 1.807) is 28.9 Å². The molecule has 1 saturated carbocycles. The van der Waals surface area contributed by atoms with E-state index in [9.17, 15) is 9.59 Å². The minimum atomic E-state index is -0.945. The molecule has 1 aliphatic carbocycles. The number of carboxylic acid groups (broad SMARTS) is 1. The van der Waals surface area contributed by atoms with Crippen molar-refractivity contribution < 1.29 is 14.7 Å². The van der Waals surface area contributed by atoms with Crippen LogP contribution >= 0.6 is 0 Å². The van der Waals surface area contributed by atoms with Gasteiger partial charge in [-0.2, -0.15) is 5.10 Å². The smallest absolute Gasteiger partial charge is 0.335 e. The first kappa shape index (κ1) is 18.2. The number of carbonyl (C=O) groups excluding carboxylic acids is 1. The molecular formula is C21H22N4O3. The number of hydrogen-bond donors (Lipinski definition) is 2. The van der Waals surface area contributed by atoms with E-state index in [0.717, 1.165) is 40.8 Å². The van der Waals surface area contributed by atoms with E-state index in [-0.39, 0.29) is 11.5 Å². The number of amides is 1. The van der Waals surface area contributed by atoms with Crippen LogP contribution in [0.15, 0.2) is 30.3 Å². The predicted octanol–water partition coefficient (Wildman–Crippen LogP) is 2.82. The zero-order valence-corrected chi connectivity index (χ0v) is 15.9. The Hall–Kier alpha value is -3.22. The van der Waals surface area contributed by atoms with Crippen LogP contribution in [0.3, 0.4) is 0 Å². The third-order valence-electron chi connectivity index (χ3n) is 5.13. The van der Waals surface area contributed by atoms with Crippen molar-refractivity contribution in [2.45, 2.75) is 32.1 Å². The molecule has 0 bridgehead atoms. The van der Waals surface area contributed by atoms with Gasteiger partial charge in [0.15, 0.2) is 5.65 Å². The Kier molecular flexibility index (Phi) is 4.58. The van der Waals surface area contributed by atoms with Gasteiger partial charge >= 0.3 is 5.97 Å². The highest BCUT2D eigenvalue weighted by atomic mass is 16.4. The molecule has 7 heteroatoms. The summed E-state index contributed by atoms with van der Waals surface area (Å²) in [5.41, 5.74) is 4.36. The Balaban J connectivity index is 1.51. The van der Waals surface area contributed by atoms with Crippen LogP contribution in [-0.2, 0) is 13.5 Å². The zero-order valence-electron chi connectivity index (χ0n) is 15.9. The normalized spacial score (nSPS) is 13.6. The quantitative estimate of drug-likeness (QED) is 0.687. The summed E-state index contributed by atoms with van der Waals surface area (Å²) in [6, 6.07) is 8.61. The van der Waals surface area contributed by atoms with Crippen molar-refractivity contribution in [3.8, 4) is 0 Å². The lowest BCUT2D eigenvalue weighted by Gasteiger charge is -2.09. The summed E-state index contributed by atoms with van der Waals surface area (Å²) in [5, 5.41) is 17.2. The van der Waals surface area contributed by atoms with Gasteiger partial charge in [0, 0.05) is 25.2 Å². The maximum absolute atomic E-state index is 12.9. The fourth-order valence-corrected chi connectivity index (χ4v) is 3.46. The molecule has 1 amide bonds. The number of rotatable bonds is 6. The van der Waals surface area contributed by atoms with E-state index in [0.29, 0.717) is 24.4 Å². The maximum Gasteiger partial charge on any atom is 0.335 e. The van der Waals surface area contributed by atoms with Gasteiger partial charge < -0.3 is 10.4 Å². The van der Waals surface area contributed by atoms with Crippen molar-refractivity contribution in [2.24, 2.45) is 7.05 Å². The van der Waals surface area contributed by atoms with Gasteiger partial charge in [-0.1, -0.05) is 12.1 Å². The second-order valence-electron chi connectivity index (χ2n) is 7.28. The first-order valence-electron chi connectivity index (χ1n) is 9.38. The summed E-state index contributed by atoms with van der Waals surface area (Å²) < 4.78 is 1.73. The molecule has 2 N–H and O–H groups in total. The largest absolute Gasteiger partial charge is 0.478 e. The number of fused-ring (bicyclic) bond motifs is 1. The second kappa shape index (κ2) is 7.07. The van der Waals surface area contributed by atoms with Crippen molar-refractivity contribution >= 4 is 22.9 Å². The third-order valence-corrected chi connectivity index (χ3v) is 5.13. The molecule has 2 heterocycles. The van der Waals surface area contributed by atoms with Crippen LogP contribution in [0.25, 0.3) is 11.0 Å². The van der Waals surface area contributed by atoms with E-state index in [1.165, 1.54) is 0 Å². The lowest BCUT2D eigenvalue weighted by Crippen LogP contribution is -2.26. The lowest BCUT2D eigenvalue weighted by atomic mass is 10.1. The zero-order chi connectivity index (χ0) is 19.8. The van der Waals surface area contributed by atoms with Gasteiger partial charge in [-0.25, -0.2) is 9.78 Å². The Morgan fingerprint density at radius 1 is 1.25 bits per heavy atom. The highest BCUT2D eigenvalue weighted by molar-refractivity contribution is 6.06. The van der Waals surface area contributed by atoms with Crippen molar-refractivity contribution in [1.82, 2.24) is 20.1 Å². The lowest BCUT2D eigenvalue weighted by molar-refractivity contribution is 0.0696. The SMILES string of the molecule is Cc1nn(C)c2nc(C3CC3)cc(C(=O)NCCc3ccc(C(=O)O)cc3)c12. The first-order valence-corrected chi connectivity index (χ1v) is 9.38. The van der Waals surface area contributed by atoms with Gasteiger partial charge in [-0.3, -0.25) is 9.48 Å². The number of carboxylic acids is 1. The predicted molar refractivity (Wildman–Crippen MR) is 105 cm³/mol. The van der Waals surface area contributed by atoms with E-state index in [2.05, 4.69) is 10.4 Å². The van der Waals surface area contributed by atoms with Crippen LogP contribution in [0.2, 0.25) is 0 Å². The van der Waals surface area contributed by atoms with Gasteiger partial charge in [-0.15, -0.1) is 0 Å². The van der Waals surface area contributed by atoms with Crippen LogP contribution in [0.1, 0.15) is 56.4 Å². The van der Waals surface area contributed by atoms with Gasteiger partial charge in [-0.05, 0) is 49.9 Å². The molecule has 0 radical (unpaired) electrons. The molecule has 0 unspecified atom stereocenters. The summed E-state index contributed by atoms with van der Waals surface area (Å²) in [4.78, 5) is 28.5. The molecule has 0 atom stereocenters. The fraction of sp³-hybridized carbons (Fsp3) is 0.333. The van der Waals surface area contributed by atoms with Crippen LogP contribution in [0.4, 0.5) is 0 Å². The Morgan fingerprint density at radius 2 is 1.96 bits per heavy atom. The molecule has 2 aromatic heterocycles. The first-order chi connectivity index (χ1) is 13.4. The second-order valence-corrected chi connectivity index (χ2v) is 7.28. The molecule has 0 saturated heterocycles. The molecule has 1 aliphatic rings. The van der Waals surface area contributed by atoms with E-state index >= 15 is 0 Å². The molecule has 28 heavy (non-hydrogen) atoms. The van der Waals surface area contributed by atoms with Crippen LogP contribution in [0.5, 0.6) is 0 Å². The fourth-order valence-electron chi connectivity index (χ4n) is 3.46. The van der Waals surface area contributed by atoms with Gasteiger partial charge in [0.25, 0.3) is 5.91 Å². The topological polar surface area (TPSA) is 97.1 Å². The molecular weight excluding hydrogens is 356 g/mol. The summed E-state index contributed by atoms with van der Waals surface area (Å²) in [6.07, 6.45) is 2.85. The third kappa shape index (κ3) is 3.47. The molecule has 4 rings (SSSR count). The minimum Gasteiger partial charge on any atom is -0.478 e. The molecule has 1 fully saturated rings. The molecule has 1 aromatic carbocycles. The summed E-state index contributed by atoms with van der Waals surface area (Å²) in [5.74, 6) is -0.633.